The number of hydrogen-bond acceptors (Lipinski definition) is 9. The van der Waals surface area contributed by atoms with Crippen LogP contribution in [0.1, 0.15) is 96.0 Å². The number of aliphatic hydroxyl groups is 2. The molecule has 5 rings (SSSR count). The van der Waals surface area contributed by atoms with Crippen LogP contribution in [0, 0.1) is 13.8 Å². The van der Waals surface area contributed by atoms with E-state index in [-0.39, 0.29) is 69.4 Å². The highest BCUT2D eigenvalue weighted by Crippen LogP contribution is 2.43. The van der Waals surface area contributed by atoms with Crippen LogP contribution < -0.4 is 5.32 Å². The van der Waals surface area contributed by atoms with E-state index in [1.807, 2.05) is 32.9 Å². The summed E-state index contributed by atoms with van der Waals surface area (Å²) in [5.74, 6) is -2.60. The Morgan fingerprint density at radius 3 is 2.25 bits per heavy atom. The number of allylic oxidation sites excluding steroid dienone is 1. The Kier molecular flexibility index (Phi) is 12.3. The molecule has 2 aliphatic heterocycles. The molecule has 0 spiro atoms. The molecule has 3 aromatic heterocycles. The van der Waals surface area contributed by atoms with Gasteiger partial charge in [-0.3, -0.25) is 19.4 Å². The smallest absolute Gasteiger partial charge is 0.310 e. The fourth-order valence-corrected chi connectivity index (χ4v) is 7.31. The van der Waals surface area contributed by atoms with Crippen molar-refractivity contribution in [2.45, 2.75) is 78.6 Å². The number of methoxy groups -OCH3 is 1. The normalized spacial score (nSPS) is 15.6. The lowest BCUT2D eigenvalue weighted by Gasteiger charge is -2.18. The zero-order chi connectivity index (χ0) is 37.7. The van der Waals surface area contributed by atoms with E-state index in [2.05, 4.69) is 35.2 Å². The summed E-state index contributed by atoms with van der Waals surface area (Å²) in [6, 6.07) is 5.92. The first kappa shape index (κ1) is 38.4. The molecule has 278 valence electrons. The minimum Gasteiger partial charge on any atom is -0.481 e. The molecule has 0 fully saturated rings. The fourth-order valence-electron chi connectivity index (χ4n) is 7.31. The molecule has 5 heterocycles. The van der Waals surface area contributed by atoms with Crippen LogP contribution >= 0.6 is 0 Å². The zero-order valence-corrected chi connectivity index (χ0v) is 30.7. The summed E-state index contributed by atoms with van der Waals surface area (Å²) < 4.78 is 10.5. The SMILES string of the molecule is CCc1c(C)c2cc3[nH]c(cc4nc(c(CC(=O)OC)c5nc(cc1[nH]2)C(C)=C5C(=O)NCCOCCO)C(CCC(=O)O)C4C)c(C)c3CCO. The van der Waals surface area contributed by atoms with Crippen molar-refractivity contribution >= 4 is 51.1 Å². The summed E-state index contributed by atoms with van der Waals surface area (Å²) in [5, 5.41) is 31.7. The molecule has 2 aliphatic rings. The van der Waals surface area contributed by atoms with Crippen LogP contribution in [0.15, 0.2) is 18.2 Å². The van der Waals surface area contributed by atoms with Crippen molar-refractivity contribution < 1.29 is 39.2 Å². The van der Waals surface area contributed by atoms with Gasteiger partial charge >= 0.3 is 11.9 Å². The van der Waals surface area contributed by atoms with Crippen LogP contribution in [-0.2, 0) is 43.1 Å². The molecular formula is C39H49N5O8. The molecule has 52 heavy (non-hydrogen) atoms. The van der Waals surface area contributed by atoms with Gasteiger partial charge in [0.2, 0.25) is 0 Å². The first-order valence-electron chi connectivity index (χ1n) is 17.8. The van der Waals surface area contributed by atoms with E-state index in [0.29, 0.717) is 34.6 Å². The van der Waals surface area contributed by atoms with E-state index < -0.39 is 23.8 Å². The molecular weight excluding hydrogens is 666 g/mol. The van der Waals surface area contributed by atoms with Crippen molar-refractivity contribution in [3.8, 4) is 0 Å². The van der Waals surface area contributed by atoms with Gasteiger partial charge in [0.1, 0.15) is 0 Å². The van der Waals surface area contributed by atoms with Gasteiger partial charge in [-0.15, -0.1) is 0 Å². The molecule has 0 saturated heterocycles. The molecule has 0 aromatic carbocycles. The Bertz CT molecular complexity index is 2060. The summed E-state index contributed by atoms with van der Waals surface area (Å²) in [6.07, 6.45) is 1.02. The van der Waals surface area contributed by atoms with Crippen molar-refractivity contribution in [2.75, 3.05) is 40.1 Å². The number of nitrogens with zero attached hydrogens (tertiary/aromatic N) is 2. The van der Waals surface area contributed by atoms with E-state index >= 15 is 0 Å². The monoisotopic (exact) mass is 715 g/mol. The molecule has 3 aromatic rings. The average molecular weight is 716 g/mol. The minimum atomic E-state index is -0.958. The highest BCUT2D eigenvalue weighted by atomic mass is 16.5. The van der Waals surface area contributed by atoms with Gasteiger partial charge in [0.25, 0.3) is 5.91 Å². The Morgan fingerprint density at radius 1 is 0.904 bits per heavy atom. The van der Waals surface area contributed by atoms with E-state index in [0.717, 1.165) is 50.7 Å². The number of aromatic amines is 2. The van der Waals surface area contributed by atoms with Crippen LogP contribution in [0.25, 0.3) is 33.2 Å². The number of esters is 1. The van der Waals surface area contributed by atoms with Gasteiger partial charge < -0.3 is 40.1 Å². The largest absolute Gasteiger partial charge is 0.481 e. The summed E-state index contributed by atoms with van der Waals surface area (Å²) in [4.78, 5) is 56.4. The third-order valence-corrected chi connectivity index (χ3v) is 10.2. The third-order valence-electron chi connectivity index (χ3n) is 10.2. The van der Waals surface area contributed by atoms with Crippen molar-refractivity contribution in [3.63, 3.8) is 0 Å². The average Bonchev–Trinajstić information content (AvgIpc) is 3.79. The second-order valence-electron chi connectivity index (χ2n) is 13.3. The number of aliphatic carboxylic acids is 1. The molecule has 13 heteroatoms. The number of H-pyrrole nitrogens is 2. The Labute approximate surface area is 302 Å². The number of carboxylic acids is 1. The maximum atomic E-state index is 14.1. The number of aromatic nitrogens is 4. The zero-order valence-electron chi connectivity index (χ0n) is 30.7. The van der Waals surface area contributed by atoms with Gasteiger partial charge in [0.15, 0.2) is 0 Å². The number of hydrogen-bond donors (Lipinski definition) is 6. The Hall–Kier alpha value is -4.85. The van der Waals surface area contributed by atoms with Crippen molar-refractivity contribution in [1.29, 1.82) is 0 Å². The molecule has 1 amide bonds. The van der Waals surface area contributed by atoms with Gasteiger partial charge in [-0.25, -0.2) is 4.98 Å². The number of aryl methyl sites for hydroxylation is 3. The van der Waals surface area contributed by atoms with Gasteiger partial charge in [-0.2, -0.15) is 0 Å². The summed E-state index contributed by atoms with van der Waals surface area (Å²) >= 11 is 0. The minimum absolute atomic E-state index is 0.0318. The number of carbonyl (C=O) groups is 3. The number of nitrogens with one attached hydrogen (secondary N) is 3. The Morgan fingerprint density at radius 2 is 1.60 bits per heavy atom. The van der Waals surface area contributed by atoms with Crippen molar-refractivity contribution in [1.82, 2.24) is 25.3 Å². The summed E-state index contributed by atoms with van der Waals surface area (Å²) in [7, 11) is 1.29. The second kappa shape index (κ2) is 16.7. The van der Waals surface area contributed by atoms with E-state index in [4.69, 9.17) is 24.5 Å². The predicted octanol–water partition coefficient (Wildman–Crippen LogP) is 4.55. The van der Waals surface area contributed by atoms with Crippen LogP contribution in [0.4, 0.5) is 0 Å². The number of carboxylic acid groups (broad SMARTS) is 1. The molecule has 0 radical (unpaired) electrons. The molecule has 2 atom stereocenters. The fraction of sp³-hybridized carbons (Fsp3) is 0.462. The molecule has 6 N–H and O–H groups in total. The van der Waals surface area contributed by atoms with E-state index in [1.165, 1.54) is 7.11 Å². The quantitative estimate of drug-likeness (QED) is 0.102. The second-order valence-corrected chi connectivity index (χ2v) is 13.3. The van der Waals surface area contributed by atoms with Crippen LogP contribution in [0.5, 0.6) is 0 Å². The maximum Gasteiger partial charge on any atom is 0.310 e. The highest BCUT2D eigenvalue weighted by Gasteiger charge is 2.35. The molecule has 0 aliphatic carbocycles. The van der Waals surface area contributed by atoms with Crippen molar-refractivity contribution in [3.05, 3.63) is 68.8 Å². The highest BCUT2D eigenvalue weighted by molar-refractivity contribution is 6.27. The number of carbonyl (C=O) groups excluding carboxylic acids is 2. The van der Waals surface area contributed by atoms with Gasteiger partial charge in [0.05, 0.1) is 56.0 Å². The topological polar surface area (TPSA) is 200 Å². The van der Waals surface area contributed by atoms with Crippen molar-refractivity contribution in [2.24, 2.45) is 0 Å². The first-order chi connectivity index (χ1) is 24.9. The van der Waals surface area contributed by atoms with Gasteiger partial charge in [-0.1, -0.05) is 13.8 Å². The molecule has 2 unspecified atom stereocenters. The Balaban J connectivity index is 1.93. The third kappa shape index (κ3) is 7.81. The number of ether oxygens (including phenoxy) is 2. The summed E-state index contributed by atoms with van der Waals surface area (Å²) in [6.45, 7) is 10.2. The van der Waals surface area contributed by atoms with Crippen LogP contribution in [-0.4, -0.2) is 93.2 Å². The summed E-state index contributed by atoms with van der Waals surface area (Å²) in [5.41, 5.74) is 10.7. The van der Waals surface area contributed by atoms with E-state index in [1.54, 1.807) is 0 Å². The first-order valence-corrected chi connectivity index (χ1v) is 17.8. The number of rotatable bonds is 14. The maximum absolute atomic E-state index is 14.1. The lowest BCUT2D eigenvalue weighted by atomic mass is 9.84. The predicted molar refractivity (Wildman–Crippen MR) is 198 cm³/mol. The van der Waals surface area contributed by atoms with Crippen LogP contribution in [0.2, 0.25) is 0 Å². The molecule has 0 saturated carbocycles. The number of aliphatic hydroxyl groups excluding tert-OH is 2. The number of amides is 1. The van der Waals surface area contributed by atoms with Gasteiger partial charge in [-0.05, 0) is 86.1 Å². The standard InChI is InChI=1S/C39H49N5O8/c1-7-24-20(2)29-18-33-25(10-12-45)21(3)28(42-33)17-30-22(4)26(8-9-34(47)48)37(43-30)27(16-35(49)51-6)38-36(39(50)40-11-14-52-15-13-46)23(5)31(44-38)19-32(24)41-29/h17-19,22,26,41-42,45-46H,7-16H2,1-6H3,(H,40,50)(H,47,48). The lowest BCUT2D eigenvalue weighted by Crippen LogP contribution is -2.29. The van der Waals surface area contributed by atoms with Gasteiger partial charge in [0, 0.05) is 64.7 Å². The lowest BCUT2D eigenvalue weighted by molar-refractivity contribution is -0.140. The number of fused-ring (bicyclic) bond motifs is 8. The molecule has 13 nitrogen and oxygen atoms in total. The van der Waals surface area contributed by atoms with Crippen LogP contribution in [0.3, 0.4) is 0 Å². The molecule has 8 bridgehead atoms. The van der Waals surface area contributed by atoms with E-state index in [9.17, 15) is 24.6 Å².